The summed E-state index contributed by atoms with van der Waals surface area (Å²) in [7, 11) is 0. The molecule has 0 spiro atoms. The second-order valence-corrected chi connectivity index (χ2v) is 5.27. The molecule has 0 saturated heterocycles. The van der Waals surface area contributed by atoms with Gasteiger partial charge in [-0.1, -0.05) is 30.3 Å². The standard InChI is InChI=1S/C18H14N2O3/c21-18-9-7-15(14-6-8-16-17(10-14)23-12-22-16)19-20(18)11-13-4-2-1-3-5-13/h1-10H,11-12H2. The maximum atomic E-state index is 12.1. The molecular formula is C18H14N2O3. The van der Waals surface area contributed by atoms with Gasteiger partial charge in [0.15, 0.2) is 11.5 Å². The van der Waals surface area contributed by atoms with Gasteiger partial charge in [-0.05, 0) is 29.8 Å². The van der Waals surface area contributed by atoms with Crippen molar-refractivity contribution in [3.05, 3.63) is 76.6 Å². The van der Waals surface area contributed by atoms with Crippen molar-refractivity contribution < 1.29 is 9.47 Å². The van der Waals surface area contributed by atoms with Crippen LogP contribution in [0.1, 0.15) is 5.56 Å². The van der Waals surface area contributed by atoms with E-state index in [2.05, 4.69) is 5.10 Å². The van der Waals surface area contributed by atoms with E-state index in [0.717, 1.165) is 22.6 Å². The molecule has 2 heterocycles. The van der Waals surface area contributed by atoms with Gasteiger partial charge in [-0.2, -0.15) is 5.10 Å². The molecule has 0 fully saturated rings. The first-order valence-corrected chi connectivity index (χ1v) is 7.32. The number of fused-ring (bicyclic) bond motifs is 1. The molecule has 0 unspecified atom stereocenters. The van der Waals surface area contributed by atoms with E-state index in [4.69, 9.17) is 9.47 Å². The van der Waals surface area contributed by atoms with Crippen LogP contribution in [-0.4, -0.2) is 16.6 Å². The molecule has 3 aromatic rings. The largest absolute Gasteiger partial charge is 0.454 e. The Labute approximate surface area is 132 Å². The van der Waals surface area contributed by atoms with Gasteiger partial charge >= 0.3 is 0 Å². The summed E-state index contributed by atoms with van der Waals surface area (Å²) < 4.78 is 12.2. The zero-order chi connectivity index (χ0) is 15.6. The van der Waals surface area contributed by atoms with Crippen molar-refractivity contribution in [2.45, 2.75) is 6.54 Å². The Balaban J connectivity index is 1.70. The lowest BCUT2D eigenvalue weighted by Crippen LogP contribution is -2.22. The van der Waals surface area contributed by atoms with Crippen LogP contribution >= 0.6 is 0 Å². The Kier molecular flexibility index (Phi) is 3.31. The molecule has 1 aliphatic heterocycles. The molecule has 114 valence electrons. The van der Waals surface area contributed by atoms with E-state index >= 15 is 0 Å². The second kappa shape index (κ2) is 5.61. The van der Waals surface area contributed by atoms with Gasteiger partial charge in [0.25, 0.3) is 5.56 Å². The van der Waals surface area contributed by atoms with E-state index in [1.807, 2.05) is 48.5 Å². The molecule has 0 bridgehead atoms. The number of hydrogen-bond acceptors (Lipinski definition) is 4. The smallest absolute Gasteiger partial charge is 0.267 e. The molecule has 0 radical (unpaired) electrons. The third-order valence-electron chi connectivity index (χ3n) is 3.71. The summed E-state index contributed by atoms with van der Waals surface area (Å²) in [5.41, 5.74) is 2.51. The normalized spacial score (nSPS) is 12.3. The van der Waals surface area contributed by atoms with Gasteiger partial charge in [0, 0.05) is 11.6 Å². The van der Waals surface area contributed by atoms with E-state index in [1.54, 1.807) is 6.07 Å². The van der Waals surface area contributed by atoms with Gasteiger partial charge in [0.1, 0.15) is 0 Å². The number of ether oxygens (including phenoxy) is 2. The highest BCUT2D eigenvalue weighted by Gasteiger charge is 2.14. The average molecular weight is 306 g/mol. The van der Waals surface area contributed by atoms with Crippen LogP contribution in [0.3, 0.4) is 0 Å². The van der Waals surface area contributed by atoms with Gasteiger partial charge in [0.2, 0.25) is 6.79 Å². The molecule has 4 rings (SSSR count). The lowest BCUT2D eigenvalue weighted by Gasteiger charge is -2.08. The van der Waals surface area contributed by atoms with Crippen LogP contribution < -0.4 is 15.0 Å². The summed E-state index contributed by atoms with van der Waals surface area (Å²) in [5.74, 6) is 1.43. The SMILES string of the molecule is O=c1ccc(-c2ccc3c(c2)OCO3)nn1Cc1ccccc1. The van der Waals surface area contributed by atoms with Gasteiger partial charge in [-0.15, -0.1) is 0 Å². The Bertz CT molecular complexity index is 904. The quantitative estimate of drug-likeness (QED) is 0.746. The van der Waals surface area contributed by atoms with Crippen LogP contribution in [0.15, 0.2) is 65.5 Å². The average Bonchev–Trinajstić information content (AvgIpc) is 3.05. The van der Waals surface area contributed by atoms with E-state index in [-0.39, 0.29) is 12.4 Å². The summed E-state index contributed by atoms with van der Waals surface area (Å²) in [6.45, 7) is 0.678. The monoisotopic (exact) mass is 306 g/mol. The highest BCUT2D eigenvalue weighted by Crippen LogP contribution is 2.35. The molecule has 0 N–H and O–H groups in total. The molecular weight excluding hydrogens is 292 g/mol. The zero-order valence-electron chi connectivity index (χ0n) is 12.3. The number of nitrogens with zero attached hydrogens (tertiary/aromatic N) is 2. The van der Waals surface area contributed by atoms with E-state index in [0.29, 0.717) is 12.3 Å². The van der Waals surface area contributed by atoms with Crippen LogP contribution in [0.25, 0.3) is 11.3 Å². The van der Waals surface area contributed by atoms with E-state index in [1.165, 1.54) is 10.7 Å². The molecule has 1 aliphatic rings. The lowest BCUT2D eigenvalue weighted by atomic mass is 10.1. The Hall–Kier alpha value is -3.08. The maximum absolute atomic E-state index is 12.1. The topological polar surface area (TPSA) is 53.4 Å². The van der Waals surface area contributed by atoms with Gasteiger partial charge < -0.3 is 9.47 Å². The number of hydrogen-bond donors (Lipinski definition) is 0. The van der Waals surface area contributed by atoms with Crippen molar-refractivity contribution in [2.75, 3.05) is 6.79 Å². The molecule has 0 amide bonds. The summed E-state index contributed by atoms with van der Waals surface area (Å²) >= 11 is 0. The molecule has 5 nitrogen and oxygen atoms in total. The first kappa shape index (κ1) is 13.6. The first-order chi connectivity index (χ1) is 11.3. The van der Waals surface area contributed by atoms with Gasteiger partial charge in [-0.25, -0.2) is 4.68 Å². The van der Waals surface area contributed by atoms with Crippen molar-refractivity contribution in [2.24, 2.45) is 0 Å². The fourth-order valence-electron chi connectivity index (χ4n) is 2.53. The number of rotatable bonds is 3. The number of aromatic nitrogens is 2. The summed E-state index contributed by atoms with van der Waals surface area (Å²) in [6.07, 6.45) is 0. The fourth-order valence-corrected chi connectivity index (χ4v) is 2.53. The zero-order valence-corrected chi connectivity index (χ0v) is 12.3. The van der Waals surface area contributed by atoms with Crippen molar-refractivity contribution >= 4 is 0 Å². The molecule has 0 aliphatic carbocycles. The predicted octanol–water partition coefficient (Wildman–Crippen LogP) is 2.69. The Morgan fingerprint density at radius 2 is 1.78 bits per heavy atom. The molecule has 5 heteroatoms. The Morgan fingerprint density at radius 3 is 2.65 bits per heavy atom. The van der Waals surface area contributed by atoms with Crippen LogP contribution in [0.2, 0.25) is 0 Å². The Morgan fingerprint density at radius 1 is 0.957 bits per heavy atom. The first-order valence-electron chi connectivity index (χ1n) is 7.32. The molecule has 2 aromatic carbocycles. The highest BCUT2D eigenvalue weighted by molar-refractivity contribution is 5.63. The highest BCUT2D eigenvalue weighted by atomic mass is 16.7. The fraction of sp³-hybridized carbons (Fsp3) is 0.111. The van der Waals surface area contributed by atoms with Crippen LogP contribution in [-0.2, 0) is 6.54 Å². The van der Waals surface area contributed by atoms with Gasteiger partial charge in [-0.3, -0.25) is 4.79 Å². The number of benzene rings is 2. The van der Waals surface area contributed by atoms with Gasteiger partial charge in [0.05, 0.1) is 12.2 Å². The lowest BCUT2D eigenvalue weighted by molar-refractivity contribution is 0.174. The minimum absolute atomic E-state index is 0.127. The third kappa shape index (κ3) is 2.68. The molecule has 23 heavy (non-hydrogen) atoms. The summed E-state index contributed by atoms with van der Waals surface area (Å²) in [5, 5.41) is 4.47. The van der Waals surface area contributed by atoms with Crippen molar-refractivity contribution in [1.82, 2.24) is 9.78 Å². The molecule has 0 saturated carbocycles. The van der Waals surface area contributed by atoms with Crippen LogP contribution in [0.5, 0.6) is 11.5 Å². The third-order valence-corrected chi connectivity index (χ3v) is 3.71. The summed E-state index contributed by atoms with van der Waals surface area (Å²) in [4.78, 5) is 12.1. The summed E-state index contributed by atoms with van der Waals surface area (Å²) in [6, 6.07) is 18.7. The van der Waals surface area contributed by atoms with Crippen molar-refractivity contribution in [1.29, 1.82) is 0 Å². The molecule has 1 aromatic heterocycles. The van der Waals surface area contributed by atoms with E-state index in [9.17, 15) is 4.79 Å². The maximum Gasteiger partial charge on any atom is 0.267 e. The van der Waals surface area contributed by atoms with Crippen molar-refractivity contribution in [3.8, 4) is 22.8 Å². The van der Waals surface area contributed by atoms with Crippen LogP contribution in [0, 0.1) is 0 Å². The van der Waals surface area contributed by atoms with Crippen LogP contribution in [0.4, 0.5) is 0 Å². The molecule has 0 atom stereocenters. The minimum atomic E-state index is -0.127. The predicted molar refractivity (Wildman–Crippen MR) is 85.6 cm³/mol. The second-order valence-electron chi connectivity index (χ2n) is 5.27. The van der Waals surface area contributed by atoms with E-state index < -0.39 is 0 Å². The minimum Gasteiger partial charge on any atom is -0.454 e. The van der Waals surface area contributed by atoms with Crippen molar-refractivity contribution in [3.63, 3.8) is 0 Å².